The number of nitrogens with zero attached hydrogens (tertiary/aromatic N) is 3. The smallest absolute Gasteiger partial charge is 0.317 e. The van der Waals surface area contributed by atoms with Crippen LogP contribution in [-0.2, 0) is 4.74 Å². The second kappa shape index (κ2) is 8.22. The monoisotopic (exact) mass is 410 g/mol. The number of fused-ring (bicyclic) bond motifs is 1. The molecule has 0 unspecified atom stereocenters. The van der Waals surface area contributed by atoms with E-state index < -0.39 is 0 Å². The number of rotatable bonds is 4. The van der Waals surface area contributed by atoms with Gasteiger partial charge in [-0.15, -0.1) is 0 Å². The second-order valence-electron chi connectivity index (χ2n) is 9.45. The molecule has 2 aromatic rings. The van der Waals surface area contributed by atoms with E-state index in [2.05, 4.69) is 29.1 Å². The van der Waals surface area contributed by atoms with Crippen LogP contribution in [0.25, 0.3) is 10.9 Å². The van der Waals surface area contributed by atoms with Crippen LogP contribution in [0, 0.1) is 6.92 Å². The summed E-state index contributed by atoms with van der Waals surface area (Å²) in [6.07, 6.45) is 11.1. The third-order valence-electron chi connectivity index (χ3n) is 7.54. The Labute approximate surface area is 178 Å². The Hall–Kier alpha value is -2.08. The van der Waals surface area contributed by atoms with Crippen LogP contribution in [0.5, 0.6) is 0 Å². The van der Waals surface area contributed by atoms with Gasteiger partial charge in [-0.25, -0.2) is 4.79 Å². The van der Waals surface area contributed by atoms with Gasteiger partial charge in [0, 0.05) is 31.6 Å². The Bertz CT molecular complexity index is 903. The number of ether oxygens (including phenoxy) is 1. The minimum Gasteiger partial charge on any atom is -0.381 e. The standard InChI is InChI=1S/C24H34N4O2/c1-16-21(17-3-4-17)9-10-23-22(16)15-25-28(23)19-11-13-27(14-12-19)24(29)26-18-5-7-20(30-2)8-6-18/h9-10,15,17-20H,3-8,11-14H2,1-2H3,(H,26,29). The molecule has 1 aromatic carbocycles. The first-order valence-corrected chi connectivity index (χ1v) is 11.7. The van der Waals surface area contributed by atoms with Crippen molar-refractivity contribution in [2.75, 3.05) is 20.2 Å². The normalized spacial score (nSPS) is 25.6. The molecular formula is C24H34N4O2. The van der Waals surface area contributed by atoms with Gasteiger partial charge in [0.15, 0.2) is 0 Å². The predicted octanol–water partition coefficient (Wildman–Crippen LogP) is 4.53. The van der Waals surface area contributed by atoms with Gasteiger partial charge in [-0.05, 0) is 81.4 Å². The molecule has 6 heteroatoms. The summed E-state index contributed by atoms with van der Waals surface area (Å²) in [7, 11) is 1.78. The summed E-state index contributed by atoms with van der Waals surface area (Å²) in [5.74, 6) is 0.768. The summed E-state index contributed by atoms with van der Waals surface area (Å²) in [6, 6.07) is 5.34. The maximum absolute atomic E-state index is 12.7. The van der Waals surface area contributed by atoms with Crippen LogP contribution in [0.3, 0.4) is 0 Å². The number of nitrogens with one attached hydrogen (secondary N) is 1. The fourth-order valence-electron chi connectivity index (χ4n) is 5.43. The zero-order valence-electron chi connectivity index (χ0n) is 18.3. The van der Waals surface area contributed by atoms with Crippen LogP contribution < -0.4 is 5.32 Å². The Balaban J connectivity index is 1.19. The van der Waals surface area contributed by atoms with Gasteiger partial charge >= 0.3 is 6.03 Å². The SMILES string of the molecule is COC1CCC(NC(=O)N2CCC(n3ncc4c(C)c(C5CC5)ccc43)CC2)CC1. The van der Waals surface area contributed by atoms with Crippen LogP contribution >= 0.6 is 0 Å². The molecule has 30 heavy (non-hydrogen) atoms. The van der Waals surface area contributed by atoms with E-state index in [0.29, 0.717) is 18.2 Å². The maximum atomic E-state index is 12.7. The third-order valence-corrected chi connectivity index (χ3v) is 7.54. The minimum atomic E-state index is 0.101. The average molecular weight is 411 g/mol. The summed E-state index contributed by atoms with van der Waals surface area (Å²) in [5.41, 5.74) is 4.16. The number of carbonyl (C=O) groups is 1. The number of urea groups is 1. The van der Waals surface area contributed by atoms with Crippen molar-refractivity contribution in [2.24, 2.45) is 0 Å². The van der Waals surface area contributed by atoms with Gasteiger partial charge in [0.2, 0.25) is 0 Å². The molecule has 0 atom stereocenters. The highest BCUT2D eigenvalue weighted by Gasteiger charge is 2.29. The van der Waals surface area contributed by atoms with Gasteiger partial charge in [0.25, 0.3) is 0 Å². The van der Waals surface area contributed by atoms with Crippen molar-refractivity contribution in [3.63, 3.8) is 0 Å². The number of amides is 2. The summed E-state index contributed by atoms with van der Waals surface area (Å²) in [6.45, 7) is 3.84. The highest BCUT2D eigenvalue weighted by Crippen LogP contribution is 2.43. The maximum Gasteiger partial charge on any atom is 0.317 e. The average Bonchev–Trinajstić information content (AvgIpc) is 3.52. The molecule has 2 saturated carbocycles. The number of methoxy groups -OCH3 is 1. The molecule has 0 bridgehead atoms. The molecule has 3 fully saturated rings. The van der Waals surface area contributed by atoms with E-state index in [-0.39, 0.29) is 6.03 Å². The van der Waals surface area contributed by atoms with Crippen LogP contribution in [0.4, 0.5) is 4.79 Å². The van der Waals surface area contributed by atoms with Gasteiger partial charge in [-0.3, -0.25) is 4.68 Å². The molecule has 162 valence electrons. The molecule has 3 aliphatic rings. The largest absolute Gasteiger partial charge is 0.381 e. The molecule has 1 saturated heterocycles. The van der Waals surface area contributed by atoms with Crippen molar-refractivity contribution < 1.29 is 9.53 Å². The van der Waals surface area contributed by atoms with E-state index in [4.69, 9.17) is 9.84 Å². The van der Waals surface area contributed by atoms with Crippen LogP contribution in [0.2, 0.25) is 0 Å². The highest BCUT2D eigenvalue weighted by atomic mass is 16.5. The van der Waals surface area contributed by atoms with Crippen molar-refractivity contribution in [2.45, 2.75) is 82.4 Å². The lowest BCUT2D eigenvalue weighted by atomic mass is 9.93. The lowest BCUT2D eigenvalue weighted by Crippen LogP contribution is -2.49. The molecular weight excluding hydrogens is 376 g/mol. The quantitative estimate of drug-likeness (QED) is 0.806. The lowest BCUT2D eigenvalue weighted by Gasteiger charge is -2.35. The number of aryl methyl sites for hydroxylation is 1. The number of hydrogen-bond donors (Lipinski definition) is 1. The van der Waals surface area contributed by atoms with Gasteiger partial charge < -0.3 is 15.0 Å². The fraction of sp³-hybridized carbons (Fsp3) is 0.667. The first kappa shape index (κ1) is 19.9. The van der Waals surface area contributed by atoms with Gasteiger partial charge in [0.1, 0.15) is 0 Å². The van der Waals surface area contributed by atoms with E-state index in [1.807, 2.05) is 11.1 Å². The van der Waals surface area contributed by atoms with Crippen LogP contribution in [0.15, 0.2) is 18.3 Å². The minimum absolute atomic E-state index is 0.101. The van der Waals surface area contributed by atoms with Crippen molar-refractivity contribution in [3.05, 3.63) is 29.5 Å². The van der Waals surface area contributed by atoms with Gasteiger partial charge in [0.05, 0.1) is 23.9 Å². The van der Waals surface area contributed by atoms with Crippen LogP contribution in [-0.4, -0.2) is 53.1 Å². The van der Waals surface area contributed by atoms with Gasteiger partial charge in [-0.2, -0.15) is 5.10 Å². The lowest BCUT2D eigenvalue weighted by molar-refractivity contribution is 0.0624. The topological polar surface area (TPSA) is 59.4 Å². The third kappa shape index (κ3) is 3.82. The summed E-state index contributed by atoms with van der Waals surface area (Å²) < 4.78 is 7.64. The number of likely N-dealkylation sites (tertiary alicyclic amines) is 1. The number of aromatic nitrogens is 2. The number of hydrogen-bond acceptors (Lipinski definition) is 3. The number of benzene rings is 1. The summed E-state index contributed by atoms with van der Waals surface area (Å²) in [4.78, 5) is 14.7. The molecule has 0 radical (unpaired) electrons. The first-order chi connectivity index (χ1) is 14.6. The highest BCUT2D eigenvalue weighted by molar-refractivity contribution is 5.83. The van der Waals surface area contributed by atoms with E-state index in [1.165, 1.54) is 34.9 Å². The van der Waals surface area contributed by atoms with E-state index in [1.54, 1.807) is 7.11 Å². The van der Waals surface area contributed by atoms with E-state index in [0.717, 1.165) is 57.5 Å². The molecule has 1 N–H and O–H groups in total. The first-order valence-electron chi connectivity index (χ1n) is 11.7. The Morgan fingerprint density at radius 1 is 1.07 bits per heavy atom. The Morgan fingerprint density at radius 3 is 2.47 bits per heavy atom. The molecule has 5 rings (SSSR count). The summed E-state index contributed by atoms with van der Waals surface area (Å²) >= 11 is 0. The van der Waals surface area contributed by atoms with Gasteiger partial charge in [-0.1, -0.05) is 6.07 Å². The van der Waals surface area contributed by atoms with Crippen molar-refractivity contribution >= 4 is 16.9 Å². The number of carbonyl (C=O) groups excluding carboxylic acids is 1. The van der Waals surface area contributed by atoms with Crippen molar-refractivity contribution in [1.82, 2.24) is 20.0 Å². The second-order valence-corrected chi connectivity index (χ2v) is 9.45. The Kier molecular flexibility index (Phi) is 5.44. The molecule has 2 aliphatic carbocycles. The molecule has 2 heterocycles. The molecule has 6 nitrogen and oxygen atoms in total. The molecule has 1 aromatic heterocycles. The molecule has 0 spiro atoms. The fourth-order valence-corrected chi connectivity index (χ4v) is 5.43. The predicted molar refractivity (Wildman–Crippen MR) is 118 cm³/mol. The van der Waals surface area contributed by atoms with E-state index in [9.17, 15) is 4.79 Å². The summed E-state index contributed by atoms with van der Waals surface area (Å²) in [5, 5.41) is 9.31. The van der Waals surface area contributed by atoms with Crippen molar-refractivity contribution in [1.29, 1.82) is 0 Å². The van der Waals surface area contributed by atoms with E-state index >= 15 is 0 Å². The molecule has 1 aliphatic heterocycles. The van der Waals surface area contributed by atoms with Crippen molar-refractivity contribution in [3.8, 4) is 0 Å². The number of piperidine rings is 1. The zero-order valence-corrected chi connectivity index (χ0v) is 18.3. The van der Waals surface area contributed by atoms with Crippen LogP contribution in [0.1, 0.15) is 74.5 Å². The molecule has 2 amide bonds. The zero-order chi connectivity index (χ0) is 20.7. The Morgan fingerprint density at radius 2 is 1.80 bits per heavy atom.